The van der Waals surface area contributed by atoms with E-state index in [4.69, 9.17) is 9.47 Å². The number of hydrogen-bond acceptors (Lipinski definition) is 5. The van der Waals surface area contributed by atoms with Crippen LogP contribution in [0.2, 0.25) is 0 Å². The monoisotopic (exact) mass is 319 g/mol. The molecule has 0 radical (unpaired) electrons. The molecular weight excluding hydrogens is 297 g/mol. The van der Waals surface area contributed by atoms with Gasteiger partial charge in [0, 0.05) is 32.0 Å². The molecule has 0 fully saturated rings. The van der Waals surface area contributed by atoms with E-state index in [1.165, 1.54) is 18.4 Å². The third kappa shape index (κ3) is 7.99. The number of methoxy groups -OCH3 is 1. The first-order valence-electron chi connectivity index (χ1n) is 6.71. The maximum absolute atomic E-state index is 13.3. The van der Waals surface area contributed by atoms with Gasteiger partial charge in [0.1, 0.15) is 21.4 Å². The Morgan fingerprint density at radius 1 is 1.29 bits per heavy atom. The summed E-state index contributed by atoms with van der Waals surface area (Å²) in [7, 11) is -1.37. The molecule has 0 aliphatic rings. The second kappa shape index (κ2) is 8.96. The van der Waals surface area contributed by atoms with Crippen LogP contribution in [0.5, 0.6) is 5.75 Å². The molecule has 1 rings (SSSR count). The summed E-state index contributed by atoms with van der Waals surface area (Å²) in [5.41, 5.74) is 0.699. The SMILES string of the molecule is COCCNCc1cc(F)ccc1OCCCS(C)(=O)=O. The topological polar surface area (TPSA) is 64.6 Å². The van der Waals surface area contributed by atoms with Crippen LogP contribution in [0, 0.1) is 5.82 Å². The maximum atomic E-state index is 13.3. The lowest BCUT2D eigenvalue weighted by Crippen LogP contribution is -2.19. The van der Waals surface area contributed by atoms with Crippen molar-refractivity contribution in [2.24, 2.45) is 0 Å². The molecule has 5 nitrogen and oxygen atoms in total. The number of rotatable bonds is 10. The Morgan fingerprint density at radius 2 is 2.05 bits per heavy atom. The molecule has 0 bridgehead atoms. The van der Waals surface area contributed by atoms with Gasteiger partial charge in [-0.15, -0.1) is 0 Å². The normalized spacial score (nSPS) is 11.6. The van der Waals surface area contributed by atoms with Crippen molar-refractivity contribution in [1.82, 2.24) is 5.32 Å². The summed E-state index contributed by atoms with van der Waals surface area (Å²) in [4.78, 5) is 0. The van der Waals surface area contributed by atoms with Crippen LogP contribution in [0.15, 0.2) is 18.2 Å². The van der Waals surface area contributed by atoms with Gasteiger partial charge in [-0.05, 0) is 24.6 Å². The van der Waals surface area contributed by atoms with Crippen LogP contribution >= 0.6 is 0 Å². The van der Waals surface area contributed by atoms with E-state index in [1.807, 2.05) is 0 Å². The molecule has 0 amide bonds. The molecule has 0 atom stereocenters. The van der Waals surface area contributed by atoms with E-state index in [0.717, 1.165) is 0 Å². The first-order chi connectivity index (χ1) is 9.92. The minimum Gasteiger partial charge on any atom is -0.493 e. The summed E-state index contributed by atoms with van der Waals surface area (Å²) in [5, 5.41) is 3.12. The highest BCUT2D eigenvalue weighted by molar-refractivity contribution is 7.90. The minimum atomic E-state index is -2.98. The lowest BCUT2D eigenvalue weighted by atomic mass is 10.2. The molecule has 0 spiro atoms. The average molecular weight is 319 g/mol. The Bertz CT molecular complexity index is 534. The molecule has 0 saturated carbocycles. The van der Waals surface area contributed by atoms with Gasteiger partial charge in [0.15, 0.2) is 0 Å². The van der Waals surface area contributed by atoms with Gasteiger partial charge in [0.25, 0.3) is 0 Å². The molecule has 0 heterocycles. The molecule has 0 aliphatic heterocycles. The van der Waals surface area contributed by atoms with Crippen molar-refractivity contribution in [3.8, 4) is 5.75 Å². The zero-order chi connectivity index (χ0) is 15.7. The van der Waals surface area contributed by atoms with Gasteiger partial charge < -0.3 is 14.8 Å². The van der Waals surface area contributed by atoms with E-state index >= 15 is 0 Å². The molecule has 21 heavy (non-hydrogen) atoms. The average Bonchev–Trinajstić information content (AvgIpc) is 2.40. The van der Waals surface area contributed by atoms with Gasteiger partial charge in [-0.25, -0.2) is 12.8 Å². The lowest BCUT2D eigenvalue weighted by Gasteiger charge is -2.12. The number of sulfone groups is 1. The summed E-state index contributed by atoms with van der Waals surface area (Å²) < 4.78 is 45.8. The Labute approximate surface area is 125 Å². The Kier molecular flexibility index (Phi) is 7.63. The van der Waals surface area contributed by atoms with Crippen molar-refractivity contribution >= 4 is 9.84 Å². The van der Waals surface area contributed by atoms with Gasteiger partial charge in [0.05, 0.1) is 19.0 Å². The fraction of sp³-hybridized carbons (Fsp3) is 0.571. The highest BCUT2D eigenvalue weighted by atomic mass is 32.2. The molecular formula is C14H22FNO4S. The van der Waals surface area contributed by atoms with E-state index < -0.39 is 9.84 Å². The molecule has 0 aliphatic carbocycles. The molecule has 0 aromatic heterocycles. The molecule has 7 heteroatoms. The van der Waals surface area contributed by atoms with Gasteiger partial charge in [0.2, 0.25) is 0 Å². The van der Waals surface area contributed by atoms with Crippen molar-refractivity contribution in [3.63, 3.8) is 0 Å². The number of hydrogen-bond donors (Lipinski definition) is 1. The highest BCUT2D eigenvalue weighted by Gasteiger charge is 2.07. The van der Waals surface area contributed by atoms with Gasteiger partial charge in [-0.3, -0.25) is 0 Å². The zero-order valence-corrected chi connectivity index (χ0v) is 13.2. The Balaban J connectivity index is 2.51. The van der Waals surface area contributed by atoms with Gasteiger partial charge in [-0.2, -0.15) is 0 Å². The quantitative estimate of drug-likeness (QED) is 0.660. The van der Waals surface area contributed by atoms with E-state index in [-0.39, 0.29) is 18.2 Å². The summed E-state index contributed by atoms with van der Waals surface area (Å²) in [6.45, 7) is 1.96. The van der Waals surface area contributed by atoms with Gasteiger partial charge >= 0.3 is 0 Å². The van der Waals surface area contributed by atoms with Crippen molar-refractivity contribution < 1.29 is 22.3 Å². The van der Waals surface area contributed by atoms with E-state index in [0.29, 0.717) is 37.4 Å². The van der Waals surface area contributed by atoms with E-state index in [1.54, 1.807) is 13.2 Å². The molecule has 0 unspecified atom stereocenters. The molecule has 1 N–H and O–H groups in total. The van der Waals surface area contributed by atoms with Crippen molar-refractivity contribution in [2.45, 2.75) is 13.0 Å². The zero-order valence-electron chi connectivity index (χ0n) is 12.4. The smallest absolute Gasteiger partial charge is 0.147 e. The molecule has 1 aromatic carbocycles. The highest BCUT2D eigenvalue weighted by Crippen LogP contribution is 2.19. The number of benzene rings is 1. The molecule has 1 aromatic rings. The Morgan fingerprint density at radius 3 is 2.71 bits per heavy atom. The molecule has 0 saturated heterocycles. The first-order valence-corrected chi connectivity index (χ1v) is 8.77. The van der Waals surface area contributed by atoms with Crippen molar-refractivity contribution in [2.75, 3.05) is 38.9 Å². The predicted molar refractivity (Wildman–Crippen MR) is 79.8 cm³/mol. The Hall–Kier alpha value is -1.18. The largest absolute Gasteiger partial charge is 0.493 e. The van der Waals surface area contributed by atoms with E-state index in [2.05, 4.69) is 5.32 Å². The maximum Gasteiger partial charge on any atom is 0.147 e. The summed E-state index contributed by atoms with van der Waals surface area (Å²) in [5.74, 6) is 0.312. The van der Waals surface area contributed by atoms with Crippen LogP contribution < -0.4 is 10.1 Å². The van der Waals surface area contributed by atoms with Crippen LogP contribution in [0.4, 0.5) is 4.39 Å². The van der Waals surface area contributed by atoms with Crippen LogP contribution in [0.25, 0.3) is 0 Å². The van der Waals surface area contributed by atoms with Crippen LogP contribution in [-0.2, 0) is 21.1 Å². The number of ether oxygens (including phenoxy) is 2. The predicted octanol–water partition coefficient (Wildman–Crippen LogP) is 1.38. The molecule has 120 valence electrons. The fourth-order valence-electron chi connectivity index (χ4n) is 1.73. The second-order valence-electron chi connectivity index (χ2n) is 4.75. The standard InChI is InChI=1S/C14H22FNO4S/c1-19-8-6-16-11-12-10-13(15)4-5-14(12)20-7-3-9-21(2,17)18/h4-5,10,16H,3,6-9,11H2,1-2H3. The number of halogens is 1. The van der Waals surface area contributed by atoms with Crippen molar-refractivity contribution in [1.29, 1.82) is 0 Å². The first kappa shape index (κ1) is 17.9. The third-order valence-corrected chi connectivity index (χ3v) is 3.77. The van der Waals surface area contributed by atoms with Crippen LogP contribution in [-0.4, -0.2) is 47.3 Å². The number of nitrogens with one attached hydrogen (secondary N) is 1. The van der Waals surface area contributed by atoms with Crippen molar-refractivity contribution in [3.05, 3.63) is 29.6 Å². The van der Waals surface area contributed by atoms with Crippen LogP contribution in [0.3, 0.4) is 0 Å². The lowest BCUT2D eigenvalue weighted by molar-refractivity contribution is 0.199. The minimum absolute atomic E-state index is 0.0790. The summed E-state index contributed by atoms with van der Waals surface area (Å²) in [6, 6.07) is 4.29. The second-order valence-corrected chi connectivity index (χ2v) is 7.01. The van der Waals surface area contributed by atoms with Gasteiger partial charge in [-0.1, -0.05) is 0 Å². The summed E-state index contributed by atoms with van der Waals surface area (Å²) in [6.07, 6.45) is 1.60. The summed E-state index contributed by atoms with van der Waals surface area (Å²) >= 11 is 0. The third-order valence-electron chi connectivity index (χ3n) is 2.74. The fourth-order valence-corrected chi connectivity index (χ4v) is 2.37. The van der Waals surface area contributed by atoms with E-state index in [9.17, 15) is 12.8 Å². The van der Waals surface area contributed by atoms with Crippen LogP contribution in [0.1, 0.15) is 12.0 Å².